The molecule has 4 rings (SSSR count). The molecule has 3 heterocycles. The molecule has 2 aromatic heterocycles. The fourth-order valence-corrected chi connectivity index (χ4v) is 5.84. The number of benzene rings is 1. The van der Waals surface area contributed by atoms with Crippen molar-refractivity contribution in [3.05, 3.63) is 63.1 Å². The van der Waals surface area contributed by atoms with Crippen LogP contribution >= 0.6 is 34.4 Å². The minimum absolute atomic E-state index is 0.131. The first kappa shape index (κ1) is 18.7. The summed E-state index contributed by atoms with van der Waals surface area (Å²) in [5.41, 5.74) is 3.05. The standard InChI is InChI=1S/C20H21N3OS3/c1-14-12-26-20(22-14)27-13-15-4-6-16(7-5-15)19(24)23-9-2-3-17(11-23)18-21-8-10-25-18/h4-8,10,12,17H,2-3,9,11,13H2,1H3. The van der Waals surface area contributed by atoms with Crippen molar-refractivity contribution in [2.45, 2.75) is 35.8 Å². The van der Waals surface area contributed by atoms with Crippen LogP contribution in [-0.4, -0.2) is 33.9 Å². The van der Waals surface area contributed by atoms with Crippen LogP contribution in [0.25, 0.3) is 0 Å². The molecular weight excluding hydrogens is 394 g/mol. The van der Waals surface area contributed by atoms with Gasteiger partial charge >= 0.3 is 0 Å². The average Bonchev–Trinajstić information content (AvgIpc) is 3.38. The number of nitrogens with zero attached hydrogens (tertiary/aromatic N) is 3. The summed E-state index contributed by atoms with van der Waals surface area (Å²) in [6.45, 7) is 3.62. The van der Waals surface area contributed by atoms with Crippen LogP contribution in [0, 0.1) is 6.92 Å². The monoisotopic (exact) mass is 415 g/mol. The SMILES string of the molecule is Cc1csc(SCc2ccc(C(=O)N3CCCC(c4nccs4)C3)cc2)n1. The summed E-state index contributed by atoms with van der Waals surface area (Å²) in [7, 11) is 0. The van der Waals surface area contributed by atoms with Gasteiger partial charge < -0.3 is 4.90 Å². The van der Waals surface area contributed by atoms with Gasteiger partial charge in [0.1, 0.15) is 4.34 Å². The van der Waals surface area contributed by atoms with Crippen LogP contribution in [0.5, 0.6) is 0 Å². The highest BCUT2D eigenvalue weighted by Gasteiger charge is 2.26. The summed E-state index contributed by atoms with van der Waals surface area (Å²) in [6, 6.07) is 8.03. The third kappa shape index (κ3) is 4.59. The van der Waals surface area contributed by atoms with Crippen LogP contribution in [0.15, 0.2) is 45.6 Å². The molecule has 1 aromatic carbocycles. The number of carbonyl (C=O) groups is 1. The number of likely N-dealkylation sites (tertiary alicyclic amines) is 1. The number of thioether (sulfide) groups is 1. The Morgan fingerprint density at radius 3 is 2.85 bits per heavy atom. The van der Waals surface area contributed by atoms with Crippen molar-refractivity contribution in [1.82, 2.24) is 14.9 Å². The van der Waals surface area contributed by atoms with Gasteiger partial charge in [-0.15, -0.1) is 22.7 Å². The Morgan fingerprint density at radius 2 is 2.15 bits per heavy atom. The summed E-state index contributed by atoms with van der Waals surface area (Å²) < 4.78 is 1.09. The van der Waals surface area contributed by atoms with Crippen LogP contribution < -0.4 is 0 Å². The van der Waals surface area contributed by atoms with Crippen molar-refractivity contribution in [2.75, 3.05) is 13.1 Å². The average molecular weight is 416 g/mol. The zero-order valence-electron chi connectivity index (χ0n) is 15.1. The number of aryl methyl sites for hydroxylation is 1. The highest BCUT2D eigenvalue weighted by atomic mass is 32.2. The zero-order chi connectivity index (χ0) is 18.6. The van der Waals surface area contributed by atoms with E-state index in [0.29, 0.717) is 5.92 Å². The number of carbonyl (C=O) groups excluding carboxylic acids is 1. The molecule has 1 aliphatic rings. The molecule has 1 unspecified atom stereocenters. The Kier molecular flexibility index (Phi) is 5.90. The summed E-state index contributed by atoms with van der Waals surface area (Å²) in [4.78, 5) is 23.8. The molecule has 1 saturated heterocycles. The van der Waals surface area contributed by atoms with Crippen molar-refractivity contribution in [3.8, 4) is 0 Å². The van der Waals surface area contributed by atoms with Crippen LogP contribution in [0.4, 0.5) is 0 Å². The van der Waals surface area contributed by atoms with Gasteiger partial charge in [-0.3, -0.25) is 4.79 Å². The van der Waals surface area contributed by atoms with Gasteiger partial charge in [0.2, 0.25) is 0 Å². The van der Waals surface area contributed by atoms with Crippen molar-refractivity contribution in [2.24, 2.45) is 0 Å². The van der Waals surface area contributed by atoms with E-state index in [9.17, 15) is 4.79 Å². The molecule has 4 nitrogen and oxygen atoms in total. The van der Waals surface area contributed by atoms with Crippen molar-refractivity contribution in [1.29, 1.82) is 0 Å². The second-order valence-electron chi connectivity index (χ2n) is 6.70. The number of aromatic nitrogens is 2. The van der Waals surface area contributed by atoms with Gasteiger partial charge in [-0.25, -0.2) is 9.97 Å². The van der Waals surface area contributed by atoms with Gasteiger partial charge in [0.15, 0.2) is 0 Å². The molecule has 1 amide bonds. The number of thiazole rings is 2. The Morgan fingerprint density at radius 1 is 1.30 bits per heavy atom. The molecular formula is C20H21N3OS3. The Hall–Kier alpha value is -1.70. The lowest BCUT2D eigenvalue weighted by atomic mass is 9.98. The predicted molar refractivity (Wildman–Crippen MR) is 113 cm³/mol. The van der Waals surface area contributed by atoms with E-state index < -0.39 is 0 Å². The normalized spacial score (nSPS) is 17.2. The van der Waals surface area contributed by atoms with Gasteiger partial charge in [-0.1, -0.05) is 23.9 Å². The highest BCUT2D eigenvalue weighted by molar-refractivity contribution is 8.00. The number of piperidine rings is 1. The third-order valence-corrected chi connectivity index (χ3v) is 7.82. The Bertz CT molecular complexity index is 890. The molecule has 27 heavy (non-hydrogen) atoms. The minimum atomic E-state index is 0.131. The molecule has 0 bridgehead atoms. The van der Waals surface area contributed by atoms with Crippen LogP contribution in [0.3, 0.4) is 0 Å². The summed E-state index contributed by atoms with van der Waals surface area (Å²) in [6.07, 6.45) is 4.01. The molecule has 0 N–H and O–H groups in total. The maximum atomic E-state index is 12.9. The summed E-state index contributed by atoms with van der Waals surface area (Å²) in [5.74, 6) is 1.38. The summed E-state index contributed by atoms with van der Waals surface area (Å²) in [5, 5.41) is 5.24. The lowest BCUT2D eigenvalue weighted by molar-refractivity contribution is 0.0707. The fraction of sp³-hybridized carbons (Fsp3) is 0.350. The van der Waals surface area contributed by atoms with E-state index in [2.05, 4.69) is 27.5 Å². The van der Waals surface area contributed by atoms with Gasteiger partial charge in [0, 0.05) is 53.0 Å². The fourth-order valence-electron chi connectivity index (χ4n) is 3.27. The predicted octanol–water partition coefficient (Wildman–Crippen LogP) is 5.22. The van der Waals surface area contributed by atoms with E-state index >= 15 is 0 Å². The maximum Gasteiger partial charge on any atom is 0.253 e. The number of hydrogen-bond donors (Lipinski definition) is 0. The first-order chi connectivity index (χ1) is 13.2. The van der Waals surface area contributed by atoms with Gasteiger partial charge in [-0.2, -0.15) is 0 Å². The molecule has 0 radical (unpaired) electrons. The van der Waals surface area contributed by atoms with Crippen LogP contribution in [0.1, 0.15) is 45.4 Å². The topological polar surface area (TPSA) is 46.1 Å². The lowest BCUT2D eigenvalue weighted by Gasteiger charge is -2.32. The van der Waals surface area contributed by atoms with Crippen LogP contribution in [0.2, 0.25) is 0 Å². The van der Waals surface area contributed by atoms with E-state index in [1.165, 1.54) is 5.56 Å². The van der Waals surface area contributed by atoms with Gasteiger partial charge in [0.25, 0.3) is 5.91 Å². The zero-order valence-corrected chi connectivity index (χ0v) is 17.6. The lowest BCUT2D eigenvalue weighted by Crippen LogP contribution is -2.39. The second-order valence-corrected chi connectivity index (χ2v) is 9.71. The molecule has 7 heteroatoms. The molecule has 140 valence electrons. The largest absolute Gasteiger partial charge is 0.338 e. The van der Waals surface area contributed by atoms with E-state index in [4.69, 9.17) is 0 Å². The molecule has 0 spiro atoms. The quantitative estimate of drug-likeness (QED) is 0.536. The number of hydrogen-bond acceptors (Lipinski definition) is 6. The van der Waals surface area contributed by atoms with Crippen molar-refractivity contribution >= 4 is 40.3 Å². The third-order valence-electron chi connectivity index (χ3n) is 4.67. The van der Waals surface area contributed by atoms with Crippen LogP contribution in [-0.2, 0) is 5.75 Å². The number of amides is 1. The van der Waals surface area contributed by atoms with Crippen molar-refractivity contribution in [3.63, 3.8) is 0 Å². The second kappa shape index (κ2) is 8.54. The highest BCUT2D eigenvalue weighted by Crippen LogP contribution is 2.29. The molecule has 1 atom stereocenters. The maximum absolute atomic E-state index is 12.9. The molecule has 1 aliphatic heterocycles. The molecule has 0 aliphatic carbocycles. The molecule has 1 fully saturated rings. The van der Waals surface area contributed by atoms with E-state index in [-0.39, 0.29) is 5.91 Å². The molecule has 0 saturated carbocycles. The van der Waals surface area contributed by atoms with Gasteiger partial charge in [-0.05, 0) is 37.5 Å². The smallest absolute Gasteiger partial charge is 0.253 e. The first-order valence-corrected chi connectivity index (χ1v) is 11.8. The molecule has 3 aromatic rings. The van der Waals surface area contributed by atoms with Crippen molar-refractivity contribution < 1.29 is 4.79 Å². The van der Waals surface area contributed by atoms with E-state index in [1.807, 2.05) is 35.5 Å². The summed E-state index contributed by atoms with van der Waals surface area (Å²) >= 11 is 5.11. The number of rotatable bonds is 5. The minimum Gasteiger partial charge on any atom is -0.338 e. The first-order valence-electron chi connectivity index (χ1n) is 9.01. The van der Waals surface area contributed by atoms with Gasteiger partial charge in [0.05, 0.1) is 5.01 Å². The Labute approximate surface area is 171 Å². The van der Waals surface area contributed by atoms with E-state index in [0.717, 1.165) is 52.3 Å². The Balaban J connectivity index is 1.37. The van der Waals surface area contributed by atoms with E-state index in [1.54, 1.807) is 34.4 Å².